The molecule has 0 unspecified atom stereocenters. The summed E-state index contributed by atoms with van der Waals surface area (Å²) in [6.45, 7) is 0. The van der Waals surface area contributed by atoms with Crippen molar-refractivity contribution in [1.82, 2.24) is 0 Å². The number of benzene rings is 3. The van der Waals surface area contributed by atoms with Gasteiger partial charge < -0.3 is 9.47 Å². The maximum absolute atomic E-state index is 6.16. The highest BCUT2D eigenvalue weighted by molar-refractivity contribution is 5.52. The Hall–Kier alpha value is -2.58. The van der Waals surface area contributed by atoms with Gasteiger partial charge in [0.2, 0.25) is 0 Å². The van der Waals surface area contributed by atoms with E-state index >= 15 is 0 Å². The van der Waals surface area contributed by atoms with Crippen LogP contribution in [0.2, 0.25) is 0 Å². The van der Waals surface area contributed by atoms with Crippen LogP contribution in [0.15, 0.2) is 84.9 Å². The summed E-state index contributed by atoms with van der Waals surface area (Å²) in [5, 5.41) is 0. The summed E-state index contributed by atoms with van der Waals surface area (Å²) in [6, 6.07) is 28.5. The van der Waals surface area contributed by atoms with Crippen molar-refractivity contribution in [3.8, 4) is 5.75 Å². The van der Waals surface area contributed by atoms with Crippen LogP contribution in [-0.2, 0) is 10.3 Å². The Kier molecular flexibility index (Phi) is 4.45. The van der Waals surface area contributed by atoms with Crippen LogP contribution in [0.3, 0.4) is 0 Å². The molecule has 2 nitrogen and oxygen atoms in total. The molecule has 0 spiro atoms. The van der Waals surface area contributed by atoms with Gasteiger partial charge in [-0.1, -0.05) is 78.9 Å². The van der Waals surface area contributed by atoms with Crippen LogP contribution in [-0.4, -0.2) is 14.2 Å². The van der Waals surface area contributed by atoms with Gasteiger partial charge in [-0.25, -0.2) is 0 Å². The van der Waals surface area contributed by atoms with Crippen molar-refractivity contribution in [2.75, 3.05) is 14.2 Å². The van der Waals surface area contributed by atoms with Crippen LogP contribution in [0, 0.1) is 0 Å². The molecule has 0 saturated carbocycles. The Bertz CT molecular complexity index is 712. The quantitative estimate of drug-likeness (QED) is 0.640. The van der Waals surface area contributed by atoms with Crippen LogP contribution >= 0.6 is 0 Å². The molecule has 0 bridgehead atoms. The van der Waals surface area contributed by atoms with E-state index in [2.05, 4.69) is 30.3 Å². The van der Waals surface area contributed by atoms with E-state index in [4.69, 9.17) is 9.47 Å². The Morgan fingerprint density at radius 3 is 1.57 bits per heavy atom. The van der Waals surface area contributed by atoms with Crippen molar-refractivity contribution in [3.63, 3.8) is 0 Å². The van der Waals surface area contributed by atoms with E-state index in [0.29, 0.717) is 0 Å². The molecule has 0 atom stereocenters. The predicted molar refractivity (Wildman–Crippen MR) is 92.8 cm³/mol. The predicted octanol–water partition coefficient (Wildman–Crippen LogP) is 4.63. The van der Waals surface area contributed by atoms with Crippen LogP contribution in [0.5, 0.6) is 5.75 Å². The molecule has 3 aromatic carbocycles. The van der Waals surface area contributed by atoms with E-state index in [1.807, 2.05) is 54.6 Å². The maximum Gasteiger partial charge on any atom is 0.146 e. The van der Waals surface area contributed by atoms with E-state index < -0.39 is 5.60 Å². The molecule has 0 heterocycles. The van der Waals surface area contributed by atoms with Crippen LogP contribution in [0.4, 0.5) is 0 Å². The maximum atomic E-state index is 6.16. The average molecular weight is 304 g/mol. The largest absolute Gasteiger partial charge is 0.496 e. The first-order valence-corrected chi connectivity index (χ1v) is 7.62. The number of ether oxygens (including phenoxy) is 2. The van der Waals surface area contributed by atoms with E-state index in [9.17, 15) is 0 Å². The molecular weight excluding hydrogens is 284 g/mol. The third-order valence-corrected chi connectivity index (χ3v) is 4.15. The molecule has 0 aliphatic heterocycles. The van der Waals surface area contributed by atoms with Crippen molar-refractivity contribution < 1.29 is 9.47 Å². The molecule has 0 radical (unpaired) electrons. The van der Waals surface area contributed by atoms with Crippen LogP contribution < -0.4 is 4.74 Å². The van der Waals surface area contributed by atoms with Crippen LogP contribution in [0.1, 0.15) is 16.7 Å². The molecule has 23 heavy (non-hydrogen) atoms. The van der Waals surface area contributed by atoms with Crippen molar-refractivity contribution in [2.24, 2.45) is 0 Å². The number of hydrogen-bond donors (Lipinski definition) is 0. The summed E-state index contributed by atoms with van der Waals surface area (Å²) in [4.78, 5) is 0. The molecule has 3 rings (SSSR count). The van der Waals surface area contributed by atoms with Crippen LogP contribution in [0.25, 0.3) is 0 Å². The van der Waals surface area contributed by atoms with E-state index in [1.165, 1.54) is 0 Å². The number of methoxy groups -OCH3 is 2. The summed E-state index contributed by atoms with van der Waals surface area (Å²) >= 11 is 0. The van der Waals surface area contributed by atoms with Gasteiger partial charge in [0.25, 0.3) is 0 Å². The van der Waals surface area contributed by atoms with Gasteiger partial charge in [-0.05, 0) is 17.2 Å². The first-order valence-electron chi connectivity index (χ1n) is 7.62. The van der Waals surface area contributed by atoms with Gasteiger partial charge in [0.15, 0.2) is 0 Å². The number of hydrogen-bond acceptors (Lipinski definition) is 2. The van der Waals surface area contributed by atoms with Gasteiger partial charge >= 0.3 is 0 Å². The molecule has 0 aliphatic rings. The Labute approximate surface area is 137 Å². The zero-order valence-electron chi connectivity index (χ0n) is 13.4. The smallest absolute Gasteiger partial charge is 0.146 e. The van der Waals surface area contributed by atoms with Gasteiger partial charge in [0.1, 0.15) is 11.4 Å². The molecule has 2 heteroatoms. The van der Waals surface area contributed by atoms with Gasteiger partial charge in [-0.2, -0.15) is 0 Å². The lowest BCUT2D eigenvalue weighted by atomic mass is 9.79. The molecule has 0 amide bonds. The fourth-order valence-electron chi connectivity index (χ4n) is 3.10. The van der Waals surface area contributed by atoms with E-state index in [1.54, 1.807) is 14.2 Å². The average Bonchev–Trinajstić information content (AvgIpc) is 2.65. The fraction of sp³-hybridized carbons (Fsp3) is 0.143. The Balaban J connectivity index is 2.34. The molecule has 3 aromatic rings. The van der Waals surface area contributed by atoms with Gasteiger partial charge in [0, 0.05) is 12.7 Å². The third-order valence-electron chi connectivity index (χ3n) is 4.15. The molecule has 0 aromatic heterocycles. The first kappa shape index (κ1) is 15.3. The fourth-order valence-corrected chi connectivity index (χ4v) is 3.10. The third kappa shape index (κ3) is 2.62. The molecule has 0 aliphatic carbocycles. The van der Waals surface area contributed by atoms with Crippen molar-refractivity contribution in [3.05, 3.63) is 102 Å². The number of para-hydroxylation sites is 1. The van der Waals surface area contributed by atoms with Crippen molar-refractivity contribution in [1.29, 1.82) is 0 Å². The monoisotopic (exact) mass is 304 g/mol. The van der Waals surface area contributed by atoms with Crippen molar-refractivity contribution >= 4 is 0 Å². The zero-order valence-corrected chi connectivity index (χ0v) is 13.4. The molecule has 0 N–H and O–H groups in total. The van der Waals surface area contributed by atoms with Crippen molar-refractivity contribution in [2.45, 2.75) is 5.60 Å². The minimum Gasteiger partial charge on any atom is -0.496 e. The first-order chi connectivity index (χ1) is 11.3. The standard InChI is InChI=1S/C21H20O2/c1-22-20-16-10-9-15-19(20)21(23-2,17-11-5-3-6-12-17)18-13-7-4-8-14-18/h3-16H,1-2H3. The summed E-state index contributed by atoms with van der Waals surface area (Å²) in [5.74, 6) is 0.807. The minimum absolute atomic E-state index is 0.713. The van der Waals surface area contributed by atoms with E-state index in [0.717, 1.165) is 22.4 Å². The topological polar surface area (TPSA) is 18.5 Å². The molecule has 0 saturated heterocycles. The second kappa shape index (κ2) is 6.67. The Morgan fingerprint density at radius 1 is 0.609 bits per heavy atom. The highest BCUT2D eigenvalue weighted by Gasteiger charge is 2.38. The molecule has 0 fully saturated rings. The molecular formula is C21H20O2. The second-order valence-corrected chi connectivity index (χ2v) is 5.32. The zero-order chi connectivity index (χ0) is 16.1. The molecule has 116 valence electrons. The Morgan fingerprint density at radius 2 is 1.09 bits per heavy atom. The van der Waals surface area contributed by atoms with E-state index in [-0.39, 0.29) is 0 Å². The summed E-state index contributed by atoms with van der Waals surface area (Å²) in [6.07, 6.45) is 0. The SMILES string of the molecule is COc1ccccc1C(OC)(c1ccccc1)c1ccccc1. The highest BCUT2D eigenvalue weighted by atomic mass is 16.5. The summed E-state index contributed by atoms with van der Waals surface area (Å²) in [5.41, 5.74) is 2.41. The van der Waals surface area contributed by atoms with Gasteiger partial charge in [-0.3, -0.25) is 0 Å². The normalized spacial score (nSPS) is 11.2. The highest BCUT2D eigenvalue weighted by Crippen LogP contribution is 2.43. The lowest BCUT2D eigenvalue weighted by Gasteiger charge is -2.35. The lowest BCUT2D eigenvalue weighted by molar-refractivity contribution is 0.0563. The summed E-state index contributed by atoms with van der Waals surface area (Å²) < 4.78 is 11.8. The van der Waals surface area contributed by atoms with Gasteiger partial charge in [0.05, 0.1) is 7.11 Å². The number of rotatable bonds is 5. The minimum atomic E-state index is -0.713. The lowest BCUT2D eigenvalue weighted by Crippen LogP contribution is -2.32. The second-order valence-electron chi connectivity index (χ2n) is 5.32. The van der Waals surface area contributed by atoms with Gasteiger partial charge in [-0.15, -0.1) is 0 Å². The summed E-state index contributed by atoms with van der Waals surface area (Å²) in [7, 11) is 3.43.